The molecule has 10 heteroatoms. The number of aromatic nitrogens is 2. The van der Waals surface area contributed by atoms with Crippen LogP contribution in [0.3, 0.4) is 0 Å². The zero-order valence-corrected chi connectivity index (χ0v) is 17.4. The lowest BCUT2D eigenvalue weighted by Gasteiger charge is -2.21. The average Bonchev–Trinajstić information content (AvgIpc) is 3.25. The topological polar surface area (TPSA) is 150 Å². The maximum absolute atomic E-state index is 11.0. The third-order valence-electron chi connectivity index (χ3n) is 5.02. The molecule has 1 aromatic heterocycles. The van der Waals surface area contributed by atoms with Crippen molar-refractivity contribution in [2.45, 2.75) is 38.1 Å². The number of nitrogens with two attached hydrogens (primary N) is 1. The number of fused-ring (bicyclic) bond motifs is 1. The monoisotopic (exact) mass is 429 g/mol. The van der Waals surface area contributed by atoms with Gasteiger partial charge in [0.1, 0.15) is 5.75 Å². The predicted molar refractivity (Wildman–Crippen MR) is 116 cm³/mol. The molecule has 10 nitrogen and oxygen atoms in total. The number of non-ortho nitro benzene ring substituents is 1. The van der Waals surface area contributed by atoms with Crippen LogP contribution in [0.2, 0.25) is 0 Å². The highest BCUT2D eigenvalue weighted by Gasteiger charge is 2.19. The average molecular weight is 429 g/mol. The summed E-state index contributed by atoms with van der Waals surface area (Å²) in [6.07, 6.45) is 3.20. The summed E-state index contributed by atoms with van der Waals surface area (Å²) in [5.41, 5.74) is 7.54. The van der Waals surface area contributed by atoms with Crippen LogP contribution in [0.25, 0.3) is 11.0 Å². The van der Waals surface area contributed by atoms with E-state index in [0.29, 0.717) is 30.8 Å². The second kappa shape index (κ2) is 10.2. The van der Waals surface area contributed by atoms with Crippen molar-refractivity contribution in [2.75, 3.05) is 25.1 Å². The number of benzene rings is 2. The van der Waals surface area contributed by atoms with Gasteiger partial charge in [0, 0.05) is 18.2 Å². The zero-order valence-electron chi connectivity index (χ0n) is 17.4. The van der Waals surface area contributed by atoms with Crippen LogP contribution in [0, 0.1) is 10.1 Å². The largest absolute Gasteiger partial charge is 0.494 e. The number of aryl methyl sites for hydroxylation is 1. The number of aliphatic hydroxyl groups excluding tert-OH is 1. The van der Waals surface area contributed by atoms with Crippen LogP contribution in [0.15, 0.2) is 41.0 Å². The molecular formula is C21H27N5O5. The Morgan fingerprint density at radius 1 is 1.19 bits per heavy atom. The third-order valence-corrected chi connectivity index (χ3v) is 5.02. The van der Waals surface area contributed by atoms with Gasteiger partial charge in [-0.05, 0) is 66.7 Å². The standard InChI is InChI=1S/C21H27N5O5/c1-21(22,14-27)11-10-15-4-6-16(7-5-15)30-13-3-2-12-23-17-8-9-18(26(28)29)20-19(17)24-31-25-20/h4-9,23,27H,2-3,10-14,22H2,1H3/t21-/m1/s1. The van der Waals surface area contributed by atoms with Crippen molar-refractivity contribution >= 4 is 22.4 Å². The van der Waals surface area contributed by atoms with Crippen molar-refractivity contribution in [3.63, 3.8) is 0 Å². The Labute approximate surface area is 179 Å². The molecule has 0 saturated carbocycles. The molecule has 166 valence electrons. The van der Waals surface area contributed by atoms with Crippen molar-refractivity contribution in [3.8, 4) is 5.75 Å². The van der Waals surface area contributed by atoms with E-state index in [4.69, 9.17) is 10.5 Å². The molecule has 2 aromatic carbocycles. The minimum Gasteiger partial charge on any atom is -0.494 e. The molecular weight excluding hydrogens is 402 g/mol. The van der Waals surface area contributed by atoms with Crippen LogP contribution >= 0.6 is 0 Å². The quantitative estimate of drug-likeness (QED) is 0.224. The van der Waals surface area contributed by atoms with E-state index < -0.39 is 10.5 Å². The van der Waals surface area contributed by atoms with Crippen molar-refractivity contribution in [1.29, 1.82) is 0 Å². The smallest absolute Gasteiger partial charge is 0.300 e. The number of hydrogen-bond donors (Lipinski definition) is 3. The molecule has 0 bridgehead atoms. The van der Waals surface area contributed by atoms with Crippen LogP contribution in [0.5, 0.6) is 5.75 Å². The second-order valence-electron chi connectivity index (χ2n) is 7.79. The fourth-order valence-electron chi connectivity index (χ4n) is 3.04. The first-order chi connectivity index (χ1) is 14.9. The van der Waals surface area contributed by atoms with Gasteiger partial charge < -0.3 is 20.9 Å². The number of anilines is 1. The number of rotatable bonds is 12. The molecule has 0 unspecified atom stereocenters. The molecule has 0 spiro atoms. The maximum atomic E-state index is 11.0. The van der Waals surface area contributed by atoms with E-state index in [9.17, 15) is 15.2 Å². The Morgan fingerprint density at radius 3 is 2.65 bits per heavy atom. The number of unbranched alkanes of at least 4 members (excludes halogenated alkanes) is 1. The van der Waals surface area contributed by atoms with Crippen LogP contribution in [0.1, 0.15) is 31.7 Å². The zero-order chi connectivity index (χ0) is 22.3. The van der Waals surface area contributed by atoms with E-state index in [0.717, 1.165) is 30.6 Å². The number of nitrogens with one attached hydrogen (secondary N) is 1. The highest BCUT2D eigenvalue weighted by atomic mass is 16.6. The van der Waals surface area contributed by atoms with Gasteiger partial charge in [-0.15, -0.1) is 0 Å². The Bertz CT molecular complexity index is 1000. The number of nitro benzene ring substituents is 1. The molecule has 1 heterocycles. The van der Waals surface area contributed by atoms with Crippen molar-refractivity contribution in [2.24, 2.45) is 5.73 Å². The number of ether oxygens (including phenoxy) is 1. The molecule has 3 aromatic rings. The van der Waals surface area contributed by atoms with Gasteiger partial charge >= 0.3 is 5.69 Å². The Kier molecular flexibility index (Phi) is 7.37. The van der Waals surface area contributed by atoms with E-state index in [1.54, 1.807) is 6.07 Å². The molecule has 0 amide bonds. The van der Waals surface area contributed by atoms with Crippen LogP contribution in [-0.2, 0) is 6.42 Å². The molecule has 4 N–H and O–H groups in total. The minimum atomic E-state index is -0.562. The first-order valence-electron chi connectivity index (χ1n) is 10.1. The van der Waals surface area contributed by atoms with Crippen LogP contribution in [-0.4, -0.2) is 45.6 Å². The fraction of sp³-hybridized carbons (Fsp3) is 0.429. The van der Waals surface area contributed by atoms with Crippen molar-refractivity contribution in [3.05, 3.63) is 52.1 Å². The van der Waals surface area contributed by atoms with E-state index >= 15 is 0 Å². The Hall–Kier alpha value is -3.24. The first kappa shape index (κ1) is 22.4. The number of nitro groups is 1. The van der Waals surface area contributed by atoms with Gasteiger partial charge in [0.25, 0.3) is 0 Å². The fourth-order valence-corrected chi connectivity index (χ4v) is 3.04. The van der Waals surface area contributed by atoms with Gasteiger partial charge in [-0.1, -0.05) is 12.1 Å². The summed E-state index contributed by atoms with van der Waals surface area (Å²) in [4.78, 5) is 10.5. The highest BCUT2D eigenvalue weighted by Crippen LogP contribution is 2.28. The molecule has 0 saturated heterocycles. The first-order valence-corrected chi connectivity index (χ1v) is 10.1. The van der Waals surface area contributed by atoms with Crippen LogP contribution < -0.4 is 15.8 Å². The van der Waals surface area contributed by atoms with E-state index in [1.165, 1.54) is 6.07 Å². The molecule has 0 aliphatic carbocycles. The maximum Gasteiger partial charge on any atom is 0.300 e. The van der Waals surface area contributed by atoms with E-state index in [2.05, 4.69) is 20.3 Å². The lowest BCUT2D eigenvalue weighted by atomic mass is 9.95. The normalized spacial score (nSPS) is 13.1. The van der Waals surface area contributed by atoms with Gasteiger partial charge in [0.05, 0.1) is 23.8 Å². The Balaban J connectivity index is 1.38. The lowest BCUT2D eigenvalue weighted by Crippen LogP contribution is -2.40. The number of nitrogens with zero attached hydrogens (tertiary/aromatic N) is 3. The summed E-state index contributed by atoms with van der Waals surface area (Å²) in [7, 11) is 0. The molecule has 0 radical (unpaired) electrons. The summed E-state index contributed by atoms with van der Waals surface area (Å²) in [6.45, 7) is 3.04. The number of aliphatic hydroxyl groups is 1. The summed E-state index contributed by atoms with van der Waals surface area (Å²) in [5, 5.41) is 30.8. The summed E-state index contributed by atoms with van der Waals surface area (Å²) < 4.78 is 10.4. The molecule has 3 rings (SSSR count). The molecule has 1 atom stereocenters. The van der Waals surface area contributed by atoms with E-state index in [-0.39, 0.29) is 17.8 Å². The minimum absolute atomic E-state index is 0.0341. The van der Waals surface area contributed by atoms with Gasteiger partial charge in [0.2, 0.25) is 5.52 Å². The van der Waals surface area contributed by atoms with Gasteiger partial charge in [-0.25, -0.2) is 4.63 Å². The summed E-state index contributed by atoms with van der Waals surface area (Å²) >= 11 is 0. The molecule has 0 fully saturated rings. The van der Waals surface area contributed by atoms with Crippen molar-refractivity contribution < 1.29 is 19.4 Å². The van der Waals surface area contributed by atoms with E-state index in [1.807, 2.05) is 31.2 Å². The van der Waals surface area contributed by atoms with Crippen molar-refractivity contribution in [1.82, 2.24) is 10.3 Å². The van der Waals surface area contributed by atoms with Gasteiger partial charge in [0.15, 0.2) is 5.52 Å². The molecule has 0 aliphatic heterocycles. The Morgan fingerprint density at radius 2 is 1.94 bits per heavy atom. The SMILES string of the molecule is C[C@](N)(CO)CCc1ccc(OCCCCNc2ccc([N+](=O)[O-])c3nonc23)cc1. The molecule has 0 aliphatic rings. The summed E-state index contributed by atoms with van der Waals surface area (Å²) in [6, 6.07) is 10.9. The predicted octanol–water partition coefficient (Wildman–Crippen LogP) is 3.04. The second-order valence-corrected chi connectivity index (χ2v) is 7.79. The third kappa shape index (κ3) is 6.12. The lowest BCUT2D eigenvalue weighted by molar-refractivity contribution is -0.383. The summed E-state index contributed by atoms with van der Waals surface area (Å²) in [5.74, 6) is 0.806. The van der Waals surface area contributed by atoms with Gasteiger partial charge in [-0.3, -0.25) is 10.1 Å². The number of hydrogen-bond acceptors (Lipinski definition) is 9. The van der Waals surface area contributed by atoms with Crippen LogP contribution in [0.4, 0.5) is 11.4 Å². The highest BCUT2D eigenvalue weighted by molar-refractivity contribution is 5.93. The molecule has 31 heavy (non-hydrogen) atoms. The van der Waals surface area contributed by atoms with Gasteiger partial charge in [-0.2, -0.15) is 0 Å².